The Balaban J connectivity index is 1.97. The molecule has 0 unspecified atom stereocenters. The van der Waals surface area contributed by atoms with Crippen molar-refractivity contribution in [3.63, 3.8) is 0 Å². The number of aryl methyl sites for hydroxylation is 3. The molecule has 2 aromatic heterocycles. The summed E-state index contributed by atoms with van der Waals surface area (Å²) in [5, 5.41) is 11.8. The number of nitrogens with one attached hydrogen (secondary N) is 1. The zero-order valence-electron chi connectivity index (χ0n) is 10.7. The molecule has 2 rings (SSSR count). The van der Waals surface area contributed by atoms with Gasteiger partial charge in [-0.2, -0.15) is 10.2 Å². The van der Waals surface area contributed by atoms with Crippen molar-refractivity contribution in [1.29, 1.82) is 0 Å². The van der Waals surface area contributed by atoms with Crippen LogP contribution in [0.4, 0.5) is 0 Å². The summed E-state index contributed by atoms with van der Waals surface area (Å²) in [6, 6.07) is 0. The van der Waals surface area contributed by atoms with Crippen LogP contribution in [0.3, 0.4) is 0 Å². The second kappa shape index (κ2) is 4.67. The molecule has 0 aliphatic carbocycles. The summed E-state index contributed by atoms with van der Waals surface area (Å²) in [6.07, 6.45) is 1.57. The molecular formula is C11H18N6. The van der Waals surface area contributed by atoms with Crippen molar-refractivity contribution >= 4 is 0 Å². The van der Waals surface area contributed by atoms with Crippen LogP contribution < -0.4 is 5.32 Å². The van der Waals surface area contributed by atoms with Gasteiger partial charge in [0.1, 0.15) is 12.2 Å². The van der Waals surface area contributed by atoms with Crippen molar-refractivity contribution in [2.75, 3.05) is 0 Å². The Labute approximate surface area is 101 Å². The van der Waals surface area contributed by atoms with Gasteiger partial charge in [0.15, 0.2) is 0 Å². The molecule has 0 spiro atoms. The van der Waals surface area contributed by atoms with Crippen LogP contribution in [0.2, 0.25) is 0 Å². The summed E-state index contributed by atoms with van der Waals surface area (Å²) >= 11 is 0. The lowest BCUT2D eigenvalue weighted by molar-refractivity contribution is 0.611. The van der Waals surface area contributed by atoms with E-state index in [4.69, 9.17) is 0 Å². The normalized spacial score (nSPS) is 11.1. The molecule has 0 atom stereocenters. The summed E-state index contributed by atoms with van der Waals surface area (Å²) < 4.78 is 3.69. The minimum absolute atomic E-state index is 0.713. The maximum Gasteiger partial charge on any atom is 0.140 e. The van der Waals surface area contributed by atoms with Gasteiger partial charge < -0.3 is 5.32 Å². The Morgan fingerprint density at radius 2 is 1.94 bits per heavy atom. The first-order chi connectivity index (χ1) is 8.09. The van der Waals surface area contributed by atoms with E-state index in [1.807, 2.05) is 25.7 Å². The molecule has 1 N–H and O–H groups in total. The van der Waals surface area contributed by atoms with Gasteiger partial charge in [0, 0.05) is 31.9 Å². The molecule has 0 bridgehead atoms. The number of hydrogen-bond donors (Lipinski definition) is 1. The quantitative estimate of drug-likeness (QED) is 0.834. The van der Waals surface area contributed by atoms with E-state index in [1.165, 1.54) is 11.3 Å². The van der Waals surface area contributed by atoms with Crippen LogP contribution in [0.1, 0.15) is 22.8 Å². The van der Waals surface area contributed by atoms with Gasteiger partial charge in [-0.15, -0.1) is 0 Å². The van der Waals surface area contributed by atoms with Gasteiger partial charge in [-0.05, 0) is 13.8 Å². The minimum Gasteiger partial charge on any atom is -0.306 e. The standard InChI is InChI=1S/C11H18N6/c1-8-10(9(2)16(3)15-8)5-12-6-11-13-7-14-17(11)4/h7,12H,5-6H2,1-4H3. The molecular weight excluding hydrogens is 216 g/mol. The third-order valence-electron chi connectivity index (χ3n) is 3.05. The summed E-state index contributed by atoms with van der Waals surface area (Å²) in [6.45, 7) is 5.63. The Kier molecular flexibility index (Phi) is 3.23. The fraction of sp³-hybridized carbons (Fsp3) is 0.545. The molecule has 0 aromatic carbocycles. The predicted molar refractivity (Wildman–Crippen MR) is 64.2 cm³/mol. The van der Waals surface area contributed by atoms with E-state index >= 15 is 0 Å². The molecule has 0 amide bonds. The first kappa shape index (κ1) is 11.8. The Hall–Kier alpha value is -1.69. The molecule has 2 aromatic rings. The van der Waals surface area contributed by atoms with Gasteiger partial charge in [-0.1, -0.05) is 0 Å². The largest absolute Gasteiger partial charge is 0.306 e. The molecule has 0 saturated carbocycles. The second-order valence-corrected chi connectivity index (χ2v) is 4.18. The van der Waals surface area contributed by atoms with Crippen molar-refractivity contribution in [2.45, 2.75) is 26.9 Å². The third-order valence-corrected chi connectivity index (χ3v) is 3.05. The summed E-state index contributed by atoms with van der Waals surface area (Å²) in [7, 11) is 3.86. The van der Waals surface area contributed by atoms with Crippen LogP contribution in [-0.4, -0.2) is 24.5 Å². The van der Waals surface area contributed by atoms with Gasteiger partial charge in [0.2, 0.25) is 0 Å². The third kappa shape index (κ3) is 2.36. The smallest absolute Gasteiger partial charge is 0.140 e. The van der Waals surface area contributed by atoms with Crippen LogP contribution in [0, 0.1) is 13.8 Å². The van der Waals surface area contributed by atoms with Crippen LogP contribution >= 0.6 is 0 Å². The van der Waals surface area contributed by atoms with E-state index in [0.717, 1.165) is 18.1 Å². The van der Waals surface area contributed by atoms with Gasteiger partial charge >= 0.3 is 0 Å². The van der Waals surface area contributed by atoms with Crippen molar-refractivity contribution in [1.82, 2.24) is 29.9 Å². The van der Waals surface area contributed by atoms with E-state index in [1.54, 1.807) is 11.0 Å². The van der Waals surface area contributed by atoms with Crippen LogP contribution in [0.25, 0.3) is 0 Å². The Morgan fingerprint density at radius 1 is 1.18 bits per heavy atom. The number of hydrogen-bond acceptors (Lipinski definition) is 4. The molecule has 2 heterocycles. The Morgan fingerprint density at radius 3 is 2.47 bits per heavy atom. The zero-order chi connectivity index (χ0) is 12.4. The van der Waals surface area contributed by atoms with E-state index < -0.39 is 0 Å². The first-order valence-electron chi connectivity index (χ1n) is 5.62. The van der Waals surface area contributed by atoms with E-state index in [-0.39, 0.29) is 0 Å². The van der Waals surface area contributed by atoms with Crippen molar-refractivity contribution in [2.24, 2.45) is 14.1 Å². The number of nitrogens with zero attached hydrogens (tertiary/aromatic N) is 5. The van der Waals surface area contributed by atoms with Crippen LogP contribution in [0.15, 0.2) is 6.33 Å². The zero-order valence-corrected chi connectivity index (χ0v) is 10.7. The van der Waals surface area contributed by atoms with Crippen molar-refractivity contribution < 1.29 is 0 Å². The van der Waals surface area contributed by atoms with Crippen molar-refractivity contribution in [3.05, 3.63) is 29.1 Å². The van der Waals surface area contributed by atoms with E-state index in [2.05, 4.69) is 27.4 Å². The summed E-state index contributed by atoms with van der Waals surface area (Å²) in [4.78, 5) is 4.17. The first-order valence-corrected chi connectivity index (χ1v) is 5.62. The highest BCUT2D eigenvalue weighted by Gasteiger charge is 2.09. The predicted octanol–water partition coefficient (Wildman–Crippen LogP) is 0.455. The highest BCUT2D eigenvalue weighted by molar-refractivity contribution is 5.23. The summed E-state index contributed by atoms with van der Waals surface area (Å²) in [5.74, 6) is 0.934. The van der Waals surface area contributed by atoms with Gasteiger partial charge in [0.05, 0.1) is 12.2 Å². The molecule has 0 fully saturated rings. The second-order valence-electron chi connectivity index (χ2n) is 4.18. The summed E-state index contributed by atoms with van der Waals surface area (Å²) in [5.41, 5.74) is 3.54. The molecule has 0 radical (unpaired) electrons. The monoisotopic (exact) mass is 234 g/mol. The maximum atomic E-state index is 4.39. The molecule has 6 nitrogen and oxygen atoms in total. The number of rotatable bonds is 4. The highest BCUT2D eigenvalue weighted by Crippen LogP contribution is 2.11. The SMILES string of the molecule is Cc1nn(C)c(C)c1CNCc1ncnn1C. The highest BCUT2D eigenvalue weighted by atomic mass is 15.3. The molecule has 0 aliphatic rings. The fourth-order valence-electron chi connectivity index (χ4n) is 1.85. The van der Waals surface area contributed by atoms with Gasteiger partial charge in [0.25, 0.3) is 0 Å². The molecule has 17 heavy (non-hydrogen) atoms. The molecule has 0 aliphatic heterocycles. The fourth-order valence-corrected chi connectivity index (χ4v) is 1.85. The van der Waals surface area contributed by atoms with Gasteiger partial charge in [-0.25, -0.2) is 4.98 Å². The van der Waals surface area contributed by atoms with Gasteiger partial charge in [-0.3, -0.25) is 9.36 Å². The Bertz CT molecular complexity index is 510. The van der Waals surface area contributed by atoms with Crippen LogP contribution in [-0.2, 0) is 27.2 Å². The lowest BCUT2D eigenvalue weighted by atomic mass is 10.2. The molecule has 6 heteroatoms. The minimum atomic E-state index is 0.713. The van der Waals surface area contributed by atoms with Crippen LogP contribution in [0.5, 0.6) is 0 Å². The maximum absolute atomic E-state index is 4.39. The molecule has 92 valence electrons. The average Bonchev–Trinajstić information content (AvgIpc) is 2.78. The number of aromatic nitrogens is 5. The average molecular weight is 234 g/mol. The lowest BCUT2D eigenvalue weighted by Crippen LogP contribution is -2.17. The topological polar surface area (TPSA) is 60.6 Å². The lowest BCUT2D eigenvalue weighted by Gasteiger charge is -2.04. The molecule has 0 saturated heterocycles. The van der Waals surface area contributed by atoms with Crippen molar-refractivity contribution in [3.8, 4) is 0 Å². The van der Waals surface area contributed by atoms with E-state index in [9.17, 15) is 0 Å². The van der Waals surface area contributed by atoms with E-state index in [0.29, 0.717) is 6.54 Å².